The summed E-state index contributed by atoms with van der Waals surface area (Å²) in [5.41, 5.74) is 0.682. The lowest BCUT2D eigenvalue weighted by atomic mass is 9.95. The first-order chi connectivity index (χ1) is 14.4. The number of benzene rings is 2. The van der Waals surface area contributed by atoms with Crippen molar-refractivity contribution in [3.05, 3.63) is 70.0 Å². The molecule has 2 aromatic rings. The van der Waals surface area contributed by atoms with Crippen molar-refractivity contribution in [1.29, 1.82) is 0 Å². The first-order valence-corrected chi connectivity index (χ1v) is 10.1. The highest BCUT2D eigenvalue weighted by Crippen LogP contribution is 2.41. The predicted molar refractivity (Wildman–Crippen MR) is 113 cm³/mol. The van der Waals surface area contributed by atoms with Gasteiger partial charge in [-0.3, -0.25) is 9.59 Å². The van der Waals surface area contributed by atoms with Crippen LogP contribution in [0.5, 0.6) is 5.75 Å². The first kappa shape index (κ1) is 21.8. The summed E-state index contributed by atoms with van der Waals surface area (Å²) in [4.78, 5) is 27.2. The number of Topliss-reactive ketones (excluding diaryl/α,β-unsaturated/α-hetero) is 1. The Hall–Kier alpha value is -2.86. The van der Waals surface area contributed by atoms with Gasteiger partial charge in [0.1, 0.15) is 17.3 Å². The average molecular weight is 432 g/mol. The molecule has 1 heterocycles. The number of rotatable bonds is 7. The van der Waals surface area contributed by atoms with Crippen molar-refractivity contribution in [1.82, 2.24) is 4.90 Å². The molecule has 1 N–H and O–H groups in total. The molecule has 1 aliphatic heterocycles. The van der Waals surface area contributed by atoms with E-state index in [0.717, 1.165) is 12.8 Å². The molecule has 30 heavy (non-hydrogen) atoms. The molecule has 7 heteroatoms. The smallest absolute Gasteiger partial charge is 0.295 e. The fourth-order valence-electron chi connectivity index (χ4n) is 3.64. The molecule has 0 saturated carbocycles. The van der Waals surface area contributed by atoms with E-state index in [1.54, 1.807) is 12.1 Å². The predicted octanol–water partition coefficient (Wildman–Crippen LogP) is 5.10. The zero-order chi connectivity index (χ0) is 21.8. The molecule has 1 aliphatic rings. The van der Waals surface area contributed by atoms with E-state index in [0.29, 0.717) is 29.3 Å². The highest BCUT2D eigenvalue weighted by molar-refractivity contribution is 6.46. The maximum atomic E-state index is 13.5. The van der Waals surface area contributed by atoms with Crippen LogP contribution >= 0.6 is 11.6 Å². The van der Waals surface area contributed by atoms with Crippen LogP contribution in [0, 0.1) is 5.82 Å². The number of amides is 1. The molecule has 1 fully saturated rings. The lowest BCUT2D eigenvalue weighted by Gasteiger charge is -2.25. The van der Waals surface area contributed by atoms with Gasteiger partial charge in [0.2, 0.25) is 0 Å². The van der Waals surface area contributed by atoms with Crippen LogP contribution in [0.15, 0.2) is 48.0 Å². The van der Waals surface area contributed by atoms with E-state index in [1.165, 1.54) is 42.3 Å². The number of likely N-dealkylation sites (tertiary alicyclic amines) is 1. The van der Waals surface area contributed by atoms with E-state index in [4.69, 9.17) is 16.3 Å². The standard InChI is InChI=1S/C23H23ClFNO4/c1-3-4-5-12-26-20(14-6-9-16(25)10-7-14)19(22(28)23(26)29)21(27)17-13-15(24)8-11-18(17)30-2/h6-11,13,20,27H,3-5,12H2,1-2H3/b21-19+. The van der Waals surface area contributed by atoms with Gasteiger partial charge in [0, 0.05) is 11.6 Å². The number of ether oxygens (including phenoxy) is 1. The molecule has 0 aliphatic carbocycles. The number of carbonyl (C=O) groups is 2. The highest BCUT2D eigenvalue weighted by Gasteiger charge is 2.46. The van der Waals surface area contributed by atoms with Crippen LogP contribution in [0.4, 0.5) is 4.39 Å². The van der Waals surface area contributed by atoms with Gasteiger partial charge < -0.3 is 14.7 Å². The van der Waals surface area contributed by atoms with Crippen LogP contribution in [0.25, 0.3) is 5.76 Å². The van der Waals surface area contributed by atoms with Crippen LogP contribution in [-0.4, -0.2) is 35.4 Å². The van der Waals surface area contributed by atoms with Gasteiger partial charge >= 0.3 is 0 Å². The van der Waals surface area contributed by atoms with Gasteiger partial charge in [-0.05, 0) is 42.3 Å². The molecule has 0 spiro atoms. The zero-order valence-corrected chi connectivity index (χ0v) is 17.6. The van der Waals surface area contributed by atoms with Gasteiger partial charge in [0.15, 0.2) is 0 Å². The monoisotopic (exact) mass is 431 g/mol. The molecule has 3 rings (SSSR count). The Kier molecular flexibility index (Phi) is 6.77. The largest absolute Gasteiger partial charge is 0.507 e. The molecule has 158 valence electrons. The molecule has 1 atom stereocenters. The number of carbonyl (C=O) groups excluding carboxylic acids is 2. The summed E-state index contributed by atoms with van der Waals surface area (Å²) in [6.07, 6.45) is 2.55. The summed E-state index contributed by atoms with van der Waals surface area (Å²) >= 11 is 6.08. The van der Waals surface area contributed by atoms with Crippen molar-refractivity contribution in [3.63, 3.8) is 0 Å². The summed E-state index contributed by atoms with van der Waals surface area (Å²) in [5.74, 6) is -1.98. The number of unbranched alkanes of at least 4 members (excludes halogenated alkanes) is 2. The second-order valence-electron chi connectivity index (χ2n) is 7.10. The van der Waals surface area contributed by atoms with Crippen molar-refractivity contribution in [2.45, 2.75) is 32.2 Å². The summed E-state index contributed by atoms with van der Waals surface area (Å²) in [5, 5.41) is 11.4. The average Bonchev–Trinajstić information content (AvgIpc) is 2.99. The Bertz CT molecular complexity index is 987. The second kappa shape index (κ2) is 9.30. The van der Waals surface area contributed by atoms with Gasteiger partial charge in [-0.2, -0.15) is 0 Å². The van der Waals surface area contributed by atoms with Crippen molar-refractivity contribution < 1.29 is 23.8 Å². The fourth-order valence-corrected chi connectivity index (χ4v) is 3.82. The molecule has 1 amide bonds. The minimum absolute atomic E-state index is 0.0660. The Labute approximate surface area is 179 Å². The van der Waals surface area contributed by atoms with E-state index in [-0.39, 0.29) is 16.9 Å². The number of hydrogen-bond acceptors (Lipinski definition) is 4. The lowest BCUT2D eigenvalue weighted by Crippen LogP contribution is -2.30. The Morgan fingerprint density at radius 3 is 2.50 bits per heavy atom. The Morgan fingerprint density at radius 2 is 1.87 bits per heavy atom. The minimum atomic E-state index is -0.828. The van der Waals surface area contributed by atoms with E-state index in [1.807, 2.05) is 6.92 Å². The van der Waals surface area contributed by atoms with E-state index >= 15 is 0 Å². The van der Waals surface area contributed by atoms with Crippen LogP contribution in [0.2, 0.25) is 5.02 Å². The van der Waals surface area contributed by atoms with E-state index < -0.39 is 23.5 Å². The molecular weight excluding hydrogens is 409 g/mol. The molecule has 0 aromatic heterocycles. The van der Waals surface area contributed by atoms with Crippen molar-refractivity contribution >= 4 is 29.1 Å². The maximum absolute atomic E-state index is 13.5. The molecule has 1 saturated heterocycles. The molecule has 1 unspecified atom stereocenters. The Morgan fingerprint density at radius 1 is 1.17 bits per heavy atom. The summed E-state index contributed by atoms with van der Waals surface area (Å²) in [7, 11) is 1.43. The SMILES string of the molecule is CCCCCN1C(=O)C(=O)/C(=C(/O)c2cc(Cl)ccc2OC)C1c1ccc(F)cc1. The van der Waals surface area contributed by atoms with Gasteiger partial charge in [-0.25, -0.2) is 4.39 Å². The molecule has 0 radical (unpaired) electrons. The van der Waals surface area contributed by atoms with Crippen LogP contribution in [-0.2, 0) is 9.59 Å². The fraction of sp³-hybridized carbons (Fsp3) is 0.304. The number of halogens is 2. The quantitative estimate of drug-likeness (QED) is 0.286. The number of aliphatic hydroxyl groups excluding tert-OH is 1. The third-order valence-electron chi connectivity index (χ3n) is 5.14. The van der Waals surface area contributed by atoms with Gasteiger partial charge in [-0.15, -0.1) is 0 Å². The molecule has 5 nitrogen and oxygen atoms in total. The van der Waals surface area contributed by atoms with Gasteiger partial charge in [0.25, 0.3) is 11.7 Å². The van der Waals surface area contributed by atoms with Gasteiger partial charge in [-0.1, -0.05) is 43.5 Å². The second-order valence-corrected chi connectivity index (χ2v) is 7.53. The number of hydrogen-bond donors (Lipinski definition) is 1. The van der Waals surface area contributed by atoms with Crippen molar-refractivity contribution in [3.8, 4) is 5.75 Å². The minimum Gasteiger partial charge on any atom is -0.507 e. The molecule has 2 aromatic carbocycles. The summed E-state index contributed by atoms with van der Waals surface area (Å²) < 4.78 is 18.8. The molecule has 0 bridgehead atoms. The van der Waals surface area contributed by atoms with Gasteiger partial charge in [0.05, 0.1) is 24.3 Å². The summed E-state index contributed by atoms with van der Waals surface area (Å²) in [6.45, 7) is 2.39. The van der Waals surface area contributed by atoms with Crippen molar-refractivity contribution in [2.24, 2.45) is 0 Å². The normalized spacial score (nSPS) is 18.1. The van der Waals surface area contributed by atoms with Crippen molar-refractivity contribution in [2.75, 3.05) is 13.7 Å². The number of aliphatic hydroxyl groups is 1. The first-order valence-electron chi connectivity index (χ1n) is 9.76. The third kappa shape index (κ3) is 4.19. The number of nitrogens with zero attached hydrogens (tertiary/aromatic N) is 1. The number of ketones is 1. The third-order valence-corrected chi connectivity index (χ3v) is 5.38. The van der Waals surface area contributed by atoms with Crippen LogP contribution in [0.1, 0.15) is 43.4 Å². The van der Waals surface area contributed by atoms with E-state index in [2.05, 4.69) is 0 Å². The van der Waals surface area contributed by atoms with Crippen LogP contribution < -0.4 is 4.74 Å². The summed E-state index contributed by atoms with van der Waals surface area (Å²) in [6, 6.07) is 9.37. The highest BCUT2D eigenvalue weighted by atomic mass is 35.5. The maximum Gasteiger partial charge on any atom is 0.295 e. The topological polar surface area (TPSA) is 66.8 Å². The zero-order valence-electron chi connectivity index (χ0n) is 16.8. The lowest BCUT2D eigenvalue weighted by molar-refractivity contribution is -0.139. The Balaban J connectivity index is 2.18. The van der Waals surface area contributed by atoms with Crippen LogP contribution in [0.3, 0.4) is 0 Å². The number of methoxy groups -OCH3 is 1. The molecular formula is C23H23ClFNO4. The van der Waals surface area contributed by atoms with E-state index in [9.17, 15) is 19.1 Å².